The van der Waals surface area contributed by atoms with E-state index in [0.717, 1.165) is 44.5 Å². The van der Waals surface area contributed by atoms with Gasteiger partial charge >= 0.3 is 0 Å². The van der Waals surface area contributed by atoms with Gasteiger partial charge in [0, 0.05) is 37.6 Å². The van der Waals surface area contributed by atoms with E-state index < -0.39 is 0 Å². The average molecular weight is 506 g/mol. The molecule has 36 heavy (non-hydrogen) atoms. The Morgan fingerprint density at radius 2 is 1.81 bits per heavy atom. The summed E-state index contributed by atoms with van der Waals surface area (Å²) in [6, 6.07) is 13.8. The number of amides is 2. The van der Waals surface area contributed by atoms with Crippen LogP contribution < -0.4 is 5.32 Å². The third kappa shape index (κ3) is 5.27. The predicted octanol–water partition coefficient (Wildman–Crippen LogP) is 5.70. The molecule has 3 heterocycles. The van der Waals surface area contributed by atoms with Gasteiger partial charge in [0.25, 0.3) is 11.8 Å². The van der Waals surface area contributed by atoms with Gasteiger partial charge in [0.1, 0.15) is 5.00 Å². The molecule has 7 heteroatoms. The van der Waals surface area contributed by atoms with Gasteiger partial charge in [-0.15, -0.1) is 11.3 Å². The summed E-state index contributed by atoms with van der Waals surface area (Å²) in [6.07, 6.45) is 4.37. The lowest BCUT2D eigenvalue weighted by atomic mass is 9.72. The quantitative estimate of drug-likeness (QED) is 0.483. The van der Waals surface area contributed by atoms with E-state index in [1.54, 1.807) is 23.5 Å². The molecule has 0 spiro atoms. The maximum atomic E-state index is 13.9. The van der Waals surface area contributed by atoms with E-state index in [4.69, 9.17) is 4.42 Å². The molecule has 0 saturated carbocycles. The highest BCUT2D eigenvalue weighted by Gasteiger charge is 2.36. The number of anilines is 1. The summed E-state index contributed by atoms with van der Waals surface area (Å²) in [5, 5.41) is 3.67. The molecule has 5 rings (SSSR count). The second kappa shape index (κ2) is 10.2. The largest absolute Gasteiger partial charge is 0.459 e. The molecule has 6 nitrogen and oxygen atoms in total. The van der Waals surface area contributed by atoms with Gasteiger partial charge in [-0.2, -0.15) is 0 Å². The monoisotopic (exact) mass is 505 g/mol. The van der Waals surface area contributed by atoms with Crippen molar-refractivity contribution in [2.75, 3.05) is 31.5 Å². The lowest BCUT2D eigenvalue weighted by Gasteiger charge is -2.36. The van der Waals surface area contributed by atoms with Crippen LogP contribution in [0.1, 0.15) is 64.1 Å². The van der Waals surface area contributed by atoms with Gasteiger partial charge in [-0.05, 0) is 53.9 Å². The first-order chi connectivity index (χ1) is 17.3. The molecule has 0 unspecified atom stereocenters. The first kappa shape index (κ1) is 24.8. The van der Waals surface area contributed by atoms with E-state index in [-0.39, 0.29) is 23.0 Å². The number of carbonyl (C=O) groups is 2. The Labute approximate surface area is 217 Å². The molecule has 1 N–H and O–H groups in total. The number of hydrogen-bond acceptors (Lipinski definition) is 5. The summed E-state index contributed by atoms with van der Waals surface area (Å²) < 4.78 is 5.30. The number of nitrogens with one attached hydrogen (secondary N) is 1. The molecule has 1 aliphatic carbocycles. The Bertz CT molecular complexity index is 1200. The molecule has 3 aromatic rings. The average Bonchev–Trinajstić information content (AvgIpc) is 3.52. The van der Waals surface area contributed by atoms with Gasteiger partial charge in [-0.25, -0.2) is 0 Å². The van der Waals surface area contributed by atoms with Crippen LogP contribution in [0, 0.1) is 11.3 Å². The minimum atomic E-state index is -0.312. The molecular formula is C29H35N3O3S. The molecule has 2 aliphatic rings. The Morgan fingerprint density at radius 3 is 2.47 bits per heavy atom. The van der Waals surface area contributed by atoms with Crippen LogP contribution in [0.5, 0.6) is 0 Å². The number of hydrogen-bond donors (Lipinski definition) is 1. The lowest BCUT2D eigenvalue weighted by Crippen LogP contribution is -2.48. The first-order valence-electron chi connectivity index (χ1n) is 12.8. The number of nitrogens with zero attached hydrogens (tertiary/aromatic N) is 2. The molecule has 1 atom stereocenters. The summed E-state index contributed by atoms with van der Waals surface area (Å²) >= 11 is 1.57. The van der Waals surface area contributed by atoms with Crippen LogP contribution in [-0.4, -0.2) is 47.8 Å². The van der Waals surface area contributed by atoms with Crippen molar-refractivity contribution in [3.8, 4) is 0 Å². The Kier molecular flexibility index (Phi) is 7.04. The second-order valence-electron chi connectivity index (χ2n) is 11.0. The zero-order valence-corrected chi connectivity index (χ0v) is 22.2. The van der Waals surface area contributed by atoms with Crippen molar-refractivity contribution >= 4 is 28.2 Å². The van der Waals surface area contributed by atoms with Gasteiger partial charge in [-0.1, -0.05) is 51.1 Å². The number of rotatable bonds is 5. The molecule has 190 valence electrons. The number of benzene rings is 1. The number of furan rings is 1. The molecule has 0 radical (unpaired) electrons. The van der Waals surface area contributed by atoms with Crippen molar-refractivity contribution in [3.63, 3.8) is 0 Å². The number of fused-ring (bicyclic) bond motifs is 1. The Hall–Kier alpha value is -2.90. The van der Waals surface area contributed by atoms with Gasteiger partial charge in [0.2, 0.25) is 0 Å². The van der Waals surface area contributed by atoms with Crippen LogP contribution >= 0.6 is 11.3 Å². The maximum Gasteiger partial charge on any atom is 0.291 e. The fourth-order valence-corrected chi connectivity index (χ4v) is 6.64. The topological polar surface area (TPSA) is 65.8 Å². The van der Waals surface area contributed by atoms with Crippen LogP contribution in [0.2, 0.25) is 0 Å². The normalized spacial score (nSPS) is 18.6. The Balaban J connectivity index is 1.36. The van der Waals surface area contributed by atoms with Gasteiger partial charge in [0.05, 0.1) is 11.8 Å². The van der Waals surface area contributed by atoms with Crippen LogP contribution in [0.4, 0.5) is 5.00 Å². The fourth-order valence-electron chi connectivity index (χ4n) is 5.32. The van der Waals surface area contributed by atoms with Crippen molar-refractivity contribution in [1.29, 1.82) is 0 Å². The van der Waals surface area contributed by atoms with Crippen molar-refractivity contribution in [1.82, 2.24) is 9.80 Å². The number of thiophene rings is 1. The molecule has 1 fully saturated rings. The minimum Gasteiger partial charge on any atom is -0.459 e. The molecule has 1 aliphatic heterocycles. The lowest BCUT2D eigenvalue weighted by molar-refractivity contribution is 0.0628. The van der Waals surface area contributed by atoms with Crippen molar-refractivity contribution in [3.05, 3.63) is 76.1 Å². The third-order valence-corrected chi connectivity index (χ3v) is 8.75. The molecule has 2 aromatic heterocycles. The highest BCUT2D eigenvalue weighted by Crippen LogP contribution is 2.44. The van der Waals surface area contributed by atoms with Crippen LogP contribution in [-0.2, 0) is 19.4 Å². The summed E-state index contributed by atoms with van der Waals surface area (Å²) in [7, 11) is 0. The van der Waals surface area contributed by atoms with Crippen molar-refractivity contribution < 1.29 is 14.0 Å². The van der Waals surface area contributed by atoms with E-state index >= 15 is 0 Å². The maximum absolute atomic E-state index is 13.9. The summed E-state index contributed by atoms with van der Waals surface area (Å²) in [6.45, 7) is 10.8. The van der Waals surface area contributed by atoms with Crippen LogP contribution in [0.15, 0.2) is 53.1 Å². The summed E-state index contributed by atoms with van der Waals surface area (Å²) in [4.78, 5) is 32.4. The molecule has 1 saturated heterocycles. The van der Waals surface area contributed by atoms with Crippen molar-refractivity contribution in [2.24, 2.45) is 11.3 Å². The van der Waals surface area contributed by atoms with E-state index in [9.17, 15) is 9.59 Å². The van der Waals surface area contributed by atoms with Gasteiger partial charge in [-0.3, -0.25) is 14.5 Å². The van der Waals surface area contributed by atoms with Crippen LogP contribution in [0.3, 0.4) is 0 Å². The highest BCUT2D eigenvalue weighted by atomic mass is 32.1. The number of piperazine rings is 1. The molecular weight excluding hydrogens is 470 g/mol. The number of carbonyl (C=O) groups excluding carboxylic acids is 2. The van der Waals surface area contributed by atoms with Crippen LogP contribution in [0.25, 0.3) is 0 Å². The fraction of sp³-hybridized carbons (Fsp3) is 0.448. The first-order valence-corrected chi connectivity index (χ1v) is 13.7. The van der Waals surface area contributed by atoms with E-state index in [0.29, 0.717) is 29.6 Å². The smallest absolute Gasteiger partial charge is 0.291 e. The summed E-state index contributed by atoms with van der Waals surface area (Å²) in [5.74, 6) is 0.534. The standard InChI is InChI=1S/C29H35N3O3S/c1-29(2,3)21-11-12-22-24(18-21)36-27(30-26(33)23-10-7-17-35-23)25(22)28(34)32-15-13-31(14-16-32)19-20-8-5-4-6-9-20/h4-10,17,21H,11-16,18-19H2,1-3H3,(H,30,33)/t21-/m0/s1. The molecule has 2 amide bonds. The van der Waals surface area contributed by atoms with Gasteiger partial charge in [0.15, 0.2) is 5.76 Å². The zero-order valence-electron chi connectivity index (χ0n) is 21.4. The second-order valence-corrected chi connectivity index (χ2v) is 12.1. The SMILES string of the molecule is CC(C)(C)[C@H]1CCc2c(sc(NC(=O)c3ccco3)c2C(=O)N2CCN(Cc3ccccc3)CC2)C1. The summed E-state index contributed by atoms with van der Waals surface area (Å²) in [5.41, 5.74) is 3.32. The van der Waals surface area contributed by atoms with E-state index in [2.05, 4.69) is 55.3 Å². The Morgan fingerprint density at radius 1 is 1.06 bits per heavy atom. The van der Waals surface area contributed by atoms with E-state index in [1.165, 1.54) is 16.7 Å². The van der Waals surface area contributed by atoms with Gasteiger partial charge < -0.3 is 14.6 Å². The van der Waals surface area contributed by atoms with E-state index in [1.807, 2.05) is 11.0 Å². The van der Waals surface area contributed by atoms with Crippen molar-refractivity contribution in [2.45, 2.75) is 46.6 Å². The minimum absolute atomic E-state index is 0.0378. The molecule has 0 bridgehead atoms. The highest BCUT2D eigenvalue weighted by molar-refractivity contribution is 7.17. The third-order valence-electron chi connectivity index (χ3n) is 7.58. The predicted molar refractivity (Wildman–Crippen MR) is 144 cm³/mol. The zero-order chi connectivity index (χ0) is 25.3. The molecule has 1 aromatic carbocycles.